The molecule has 1 aliphatic carbocycles. The number of hydrogen-bond acceptors (Lipinski definition) is 1. The van der Waals surface area contributed by atoms with Crippen molar-refractivity contribution in [2.45, 2.75) is 19.3 Å². The summed E-state index contributed by atoms with van der Waals surface area (Å²) in [4.78, 5) is 2.40. The average molecular weight is 703 g/mol. The molecule has 0 amide bonds. The lowest BCUT2D eigenvalue weighted by atomic mass is 9.82. The minimum Gasteiger partial charge on any atom is -0.310 e. The highest BCUT2D eigenvalue weighted by atomic mass is 15.1. The molecule has 260 valence electrons. The summed E-state index contributed by atoms with van der Waals surface area (Å²) in [5, 5.41) is 5.26. The zero-order valence-corrected chi connectivity index (χ0v) is 30.9. The number of nitrogens with zero attached hydrogens (tertiary/aromatic N) is 2. The van der Waals surface area contributed by atoms with Gasteiger partial charge in [-0.1, -0.05) is 147 Å². The van der Waals surface area contributed by atoms with Gasteiger partial charge in [0.2, 0.25) is 0 Å². The van der Waals surface area contributed by atoms with Gasteiger partial charge in [-0.05, 0) is 116 Å². The molecule has 0 fully saturated rings. The number of hydrogen-bond donors (Lipinski definition) is 0. The summed E-state index contributed by atoms with van der Waals surface area (Å²) in [5.41, 5.74) is 17.1. The van der Waals surface area contributed by atoms with E-state index in [4.69, 9.17) is 0 Å². The van der Waals surface area contributed by atoms with E-state index in [2.05, 4.69) is 217 Å². The number of rotatable bonds is 6. The van der Waals surface area contributed by atoms with Crippen LogP contribution in [0.5, 0.6) is 0 Å². The summed E-state index contributed by atoms with van der Waals surface area (Å²) in [6.07, 6.45) is 0. The van der Waals surface area contributed by atoms with Gasteiger partial charge in [0.1, 0.15) is 0 Å². The van der Waals surface area contributed by atoms with Crippen LogP contribution < -0.4 is 4.90 Å². The van der Waals surface area contributed by atoms with Crippen molar-refractivity contribution >= 4 is 49.6 Å². The molecule has 2 heteroatoms. The van der Waals surface area contributed by atoms with E-state index in [1.54, 1.807) is 0 Å². The normalized spacial score (nSPS) is 13.1. The smallest absolute Gasteiger partial charge is 0.0547 e. The van der Waals surface area contributed by atoms with E-state index in [9.17, 15) is 0 Å². The molecule has 0 N–H and O–H groups in total. The van der Waals surface area contributed by atoms with Gasteiger partial charge in [0.05, 0.1) is 11.0 Å². The molecule has 0 saturated heterocycles. The fourth-order valence-corrected chi connectivity index (χ4v) is 9.20. The third-order valence-corrected chi connectivity index (χ3v) is 11.9. The van der Waals surface area contributed by atoms with Crippen LogP contribution >= 0.6 is 0 Å². The van der Waals surface area contributed by atoms with Gasteiger partial charge >= 0.3 is 0 Å². The fourth-order valence-electron chi connectivity index (χ4n) is 9.20. The highest BCUT2D eigenvalue weighted by molar-refractivity contribution is 6.24. The quantitative estimate of drug-likeness (QED) is 0.157. The molecule has 9 aromatic carbocycles. The van der Waals surface area contributed by atoms with E-state index < -0.39 is 0 Å². The summed E-state index contributed by atoms with van der Waals surface area (Å²) < 4.78 is 2.47. The molecule has 0 radical (unpaired) electrons. The van der Waals surface area contributed by atoms with Crippen LogP contribution in [0.3, 0.4) is 0 Å². The second-order valence-corrected chi connectivity index (χ2v) is 15.4. The second kappa shape index (κ2) is 12.1. The Morgan fingerprint density at radius 1 is 0.382 bits per heavy atom. The predicted molar refractivity (Wildman–Crippen MR) is 233 cm³/mol. The van der Waals surface area contributed by atoms with Gasteiger partial charge in [-0.15, -0.1) is 0 Å². The Kier molecular flexibility index (Phi) is 6.93. The molecule has 10 aromatic rings. The van der Waals surface area contributed by atoms with Gasteiger partial charge in [-0.2, -0.15) is 0 Å². The Morgan fingerprint density at radius 3 is 1.36 bits per heavy atom. The molecule has 2 nitrogen and oxygen atoms in total. The van der Waals surface area contributed by atoms with E-state index in [1.807, 2.05) is 0 Å². The van der Waals surface area contributed by atoms with Crippen molar-refractivity contribution in [1.82, 2.24) is 4.57 Å². The Labute approximate surface area is 321 Å². The van der Waals surface area contributed by atoms with Crippen LogP contribution in [0.2, 0.25) is 0 Å². The number of benzene rings is 9. The van der Waals surface area contributed by atoms with Crippen LogP contribution in [0.4, 0.5) is 17.1 Å². The van der Waals surface area contributed by atoms with E-state index in [0.29, 0.717) is 0 Å². The lowest BCUT2D eigenvalue weighted by molar-refractivity contribution is 0.660. The Bertz CT molecular complexity index is 2870. The number of aromatic nitrogens is 1. The molecule has 0 saturated carbocycles. The maximum Gasteiger partial charge on any atom is 0.0547 e. The molecule has 0 atom stereocenters. The van der Waals surface area contributed by atoms with Crippen LogP contribution in [0.1, 0.15) is 25.0 Å². The molecule has 0 aliphatic heterocycles. The van der Waals surface area contributed by atoms with E-state index >= 15 is 0 Å². The van der Waals surface area contributed by atoms with Crippen molar-refractivity contribution in [3.63, 3.8) is 0 Å². The number of fused-ring (bicyclic) bond motifs is 3. The summed E-state index contributed by atoms with van der Waals surface area (Å²) >= 11 is 0. The third-order valence-electron chi connectivity index (χ3n) is 11.9. The van der Waals surface area contributed by atoms with Crippen LogP contribution in [0.15, 0.2) is 194 Å². The fraction of sp³-hybridized carbons (Fsp3) is 0.0566. The Hall–Kier alpha value is -6.90. The SMILES string of the molecule is CC1(C)c2cc(N(c3ccc(-c4ccccc4)cc3)c3ccc(-c4ccccc4)cc3)ccc2-c2ccc(-n3c4cccc5ccc6cccc3c6c54)cc21. The first-order valence-electron chi connectivity index (χ1n) is 19.2. The molecule has 1 aromatic heterocycles. The van der Waals surface area contributed by atoms with Gasteiger partial charge < -0.3 is 9.47 Å². The molecule has 0 bridgehead atoms. The molecule has 0 spiro atoms. The van der Waals surface area contributed by atoms with Gasteiger partial charge in [0.15, 0.2) is 0 Å². The highest BCUT2D eigenvalue weighted by Gasteiger charge is 2.36. The number of anilines is 3. The molecule has 1 heterocycles. The molecule has 11 rings (SSSR count). The van der Waals surface area contributed by atoms with Gasteiger partial charge in [-0.25, -0.2) is 0 Å². The van der Waals surface area contributed by atoms with Crippen molar-refractivity contribution in [2.75, 3.05) is 4.90 Å². The summed E-state index contributed by atoms with van der Waals surface area (Å²) in [6, 6.07) is 71.3. The van der Waals surface area contributed by atoms with Crippen molar-refractivity contribution in [3.8, 4) is 39.1 Å². The zero-order valence-electron chi connectivity index (χ0n) is 30.9. The standard InChI is InChI=1S/C53H38N2/c1-53(2)47-33-43(54(41-25-21-37(22-26-41)35-11-5-3-6-12-35)42-27-23-38(24-28-42)36-13-7-4-8-14-36)29-31-45(47)46-32-30-44(34-48(46)53)55-49-17-9-15-39-19-20-40-16-10-18-50(55)52(40)51(39)49/h3-34H,1-2H3. The monoisotopic (exact) mass is 702 g/mol. The average Bonchev–Trinajstić information content (AvgIpc) is 3.70. The molecule has 55 heavy (non-hydrogen) atoms. The Balaban J connectivity index is 1.03. The Morgan fingerprint density at radius 2 is 0.836 bits per heavy atom. The lowest BCUT2D eigenvalue weighted by Gasteiger charge is -2.28. The predicted octanol–water partition coefficient (Wildman–Crippen LogP) is 14.5. The largest absolute Gasteiger partial charge is 0.310 e. The van der Waals surface area contributed by atoms with Crippen molar-refractivity contribution < 1.29 is 0 Å². The minimum atomic E-state index is -0.207. The van der Waals surface area contributed by atoms with E-state index in [1.165, 1.54) is 82.8 Å². The van der Waals surface area contributed by atoms with Crippen LogP contribution in [0, 0.1) is 0 Å². The van der Waals surface area contributed by atoms with Gasteiger partial charge in [-0.3, -0.25) is 0 Å². The van der Waals surface area contributed by atoms with Crippen LogP contribution in [-0.4, -0.2) is 4.57 Å². The summed E-state index contributed by atoms with van der Waals surface area (Å²) in [6.45, 7) is 4.78. The second-order valence-electron chi connectivity index (χ2n) is 15.4. The van der Waals surface area contributed by atoms with Crippen molar-refractivity contribution in [3.05, 3.63) is 205 Å². The van der Waals surface area contributed by atoms with Crippen LogP contribution in [0.25, 0.3) is 71.6 Å². The first-order chi connectivity index (χ1) is 27.0. The first kappa shape index (κ1) is 31.6. The molecule has 0 unspecified atom stereocenters. The molecular formula is C53H38N2. The third kappa shape index (κ3) is 4.88. The van der Waals surface area contributed by atoms with E-state index in [-0.39, 0.29) is 5.41 Å². The van der Waals surface area contributed by atoms with Crippen molar-refractivity contribution in [2.24, 2.45) is 0 Å². The maximum absolute atomic E-state index is 2.47. The topological polar surface area (TPSA) is 8.17 Å². The summed E-state index contributed by atoms with van der Waals surface area (Å²) in [5.74, 6) is 0. The highest BCUT2D eigenvalue weighted by Crippen LogP contribution is 2.52. The maximum atomic E-state index is 2.47. The lowest BCUT2D eigenvalue weighted by Crippen LogP contribution is -2.17. The van der Waals surface area contributed by atoms with Crippen LogP contribution in [-0.2, 0) is 5.41 Å². The van der Waals surface area contributed by atoms with Crippen molar-refractivity contribution in [1.29, 1.82) is 0 Å². The van der Waals surface area contributed by atoms with Gasteiger partial charge in [0, 0.05) is 38.9 Å². The van der Waals surface area contributed by atoms with Gasteiger partial charge in [0.25, 0.3) is 0 Å². The molecule has 1 aliphatic rings. The summed E-state index contributed by atoms with van der Waals surface area (Å²) in [7, 11) is 0. The first-order valence-corrected chi connectivity index (χ1v) is 19.2. The molecular weight excluding hydrogens is 665 g/mol. The zero-order chi connectivity index (χ0) is 36.7. The van der Waals surface area contributed by atoms with E-state index in [0.717, 1.165) is 17.1 Å². The minimum absolute atomic E-state index is 0.207.